The lowest BCUT2D eigenvalue weighted by molar-refractivity contribution is 0.298. The Balaban J connectivity index is 2.00. The van der Waals surface area contributed by atoms with Gasteiger partial charge in [0, 0.05) is 22.7 Å². The van der Waals surface area contributed by atoms with E-state index in [1.54, 1.807) is 18.3 Å². The SMILES string of the molecule is NCCc1ccc(OCc2cc(Cl)ccc2F)cn1. The molecule has 100 valence electrons. The van der Waals surface area contributed by atoms with Crippen LogP contribution in [0.4, 0.5) is 4.39 Å². The molecule has 2 N–H and O–H groups in total. The van der Waals surface area contributed by atoms with Crippen LogP contribution in [0.1, 0.15) is 11.3 Å². The Kier molecular flexibility index (Phi) is 4.71. The summed E-state index contributed by atoms with van der Waals surface area (Å²) in [4.78, 5) is 4.20. The molecule has 2 rings (SSSR count). The van der Waals surface area contributed by atoms with Crippen LogP contribution < -0.4 is 10.5 Å². The van der Waals surface area contributed by atoms with Crippen molar-refractivity contribution in [3.63, 3.8) is 0 Å². The summed E-state index contributed by atoms with van der Waals surface area (Å²) in [6.07, 6.45) is 2.33. The van der Waals surface area contributed by atoms with Crippen molar-refractivity contribution >= 4 is 11.6 Å². The number of nitrogens with zero attached hydrogens (tertiary/aromatic N) is 1. The van der Waals surface area contributed by atoms with Crippen molar-refractivity contribution in [2.75, 3.05) is 6.54 Å². The van der Waals surface area contributed by atoms with Crippen molar-refractivity contribution in [1.29, 1.82) is 0 Å². The Morgan fingerprint density at radius 2 is 2.11 bits per heavy atom. The van der Waals surface area contributed by atoms with Gasteiger partial charge in [-0.25, -0.2) is 4.39 Å². The quantitative estimate of drug-likeness (QED) is 0.916. The van der Waals surface area contributed by atoms with Gasteiger partial charge in [0.1, 0.15) is 18.2 Å². The Morgan fingerprint density at radius 1 is 1.26 bits per heavy atom. The van der Waals surface area contributed by atoms with Gasteiger partial charge in [-0.1, -0.05) is 11.6 Å². The molecule has 0 amide bonds. The average molecular weight is 281 g/mol. The predicted octanol–water partition coefficient (Wildman–Crippen LogP) is 2.95. The molecular formula is C14H14ClFN2O. The minimum absolute atomic E-state index is 0.115. The maximum absolute atomic E-state index is 13.5. The van der Waals surface area contributed by atoms with E-state index in [4.69, 9.17) is 22.1 Å². The summed E-state index contributed by atoms with van der Waals surface area (Å²) in [5, 5.41) is 0.483. The van der Waals surface area contributed by atoms with E-state index in [0.717, 1.165) is 12.1 Å². The first-order chi connectivity index (χ1) is 9.19. The highest BCUT2D eigenvalue weighted by molar-refractivity contribution is 6.30. The molecule has 0 fully saturated rings. The Morgan fingerprint density at radius 3 is 2.79 bits per heavy atom. The topological polar surface area (TPSA) is 48.1 Å². The van der Waals surface area contributed by atoms with E-state index in [2.05, 4.69) is 4.98 Å². The number of halogens is 2. The fraction of sp³-hybridized carbons (Fsp3) is 0.214. The largest absolute Gasteiger partial charge is 0.487 e. The predicted molar refractivity (Wildman–Crippen MR) is 72.7 cm³/mol. The monoisotopic (exact) mass is 280 g/mol. The molecule has 0 aliphatic heterocycles. The molecule has 0 saturated carbocycles. The standard InChI is InChI=1S/C14H14ClFN2O/c15-11-1-4-14(16)10(7-11)9-19-13-3-2-12(5-6-17)18-8-13/h1-4,7-8H,5-6,9,17H2. The molecule has 19 heavy (non-hydrogen) atoms. The highest BCUT2D eigenvalue weighted by Crippen LogP contribution is 2.17. The summed E-state index contributed by atoms with van der Waals surface area (Å²) in [5.74, 6) is 0.247. The number of aromatic nitrogens is 1. The summed E-state index contributed by atoms with van der Waals surface area (Å²) >= 11 is 5.81. The van der Waals surface area contributed by atoms with Crippen LogP contribution in [0.3, 0.4) is 0 Å². The minimum atomic E-state index is -0.336. The van der Waals surface area contributed by atoms with Crippen LogP contribution >= 0.6 is 11.6 Å². The van der Waals surface area contributed by atoms with Gasteiger partial charge in [-0.2, -0.15) is 0 Å². The van der Waals surface area contributed by atoms with Gasteiger partial charge in [0.05, 0.1) is 6.20 Å². The average Bonchev–Trinajstić information content (AvgIpc) is 2.42. The third kappa shape index (κ3) is 3.91. The molecule has 0 saturated heterocycles. The molecule has 2 aromatic rings. The minimum Gasteiger partial charge on any atom is -0.487 e. The number of rotatable bonds is 5. The van der Waals surface area contributed by atoms with Crippen LogP contribution in [0.15, 0.2) is 36.5 Å². The first kappa shape index (κ1) is 13.8. The van der Waals surface area contributed by atoms with E-state index in [-0.39, 0.29) is 12.4 Å². The molecule has 0 radical (unpaired) electrons. The Labute approximate surface area is 116 Å². The van der Waals surface area contributed by atoms with E-state index >= 15 is 0 Å². The second-order valence-electron chi connectivity index (χ2n) is 4.05. The van der Waals surface area contributed by atoms with Crippen LogP contribution in [0.2, 0.25) is 5.02 Å². The van der Waals surface area contributed by atoms with Gasteiger partial charge < -0.3 is 10.5 Å². The number of nitrogens with two attached hydrogens (primary N) is 1. The summed E-state index contributed by atoms with van der Waals surface area (Å²) in [5.41, 5.74) is 6.76. The second kappa shape index (κ2) is 6.50. The summed E-state index contributed by atoms with van der Waals surface area (Å²) in [7, 11) is 0. The molecule has 3 nitrogen and oxygen atoms in total. The molecule has 1 heterocycles. The third-order valence-corrected chi connectivity index (χ3v) is 2.84. The van der Waals surface area contributed by atoms with Gasteiger partial charge in [-0.3, -0.25) is 4.98 Å². The van der Waals surface area contributed by atoms with E-state index in [1.807, 2.05) is 6.07 Å². The van der Waals surface area contributed by atoms with Gasteiger partial charge in [0.2, 0.25) is 0 Å². The molecule has 0 bridgehead atoms. The molecule has 1 aromatic heterocycles. The van der Waals surface area contributed by atoms with Crippen molar-refractivity contribution in [3.8, 4) is 5.75 Å². The maximum atomic E-state index is 13.5. The zero-order valence-electron chi connectivity index (χ0n) is 10.3. The summed E-state index contributed by atoms with van der Waals surface area (Å²) < 4.78 is 18.9. The molecule has 5 heteroatoms. The number of hydrogen-bond acceptors (Lipinski definition) is 3. The fourth-order valence-electron chi connectivity index (χ4n) is 1.61. The first-order valence-corrected chi connectivity index (χ1v) is 6.28. The van der Waals surface area contributed by atoms with Gasteiger partial charge in [0.25, 0.3) is 0 Å². The highest BCUT2D eigenvalue weighted by atomic mass is 35.5. The molecule has 0 atom stereocenters. The molecular weight excluding hydrogens is 267 g/mol. The smallest absolute Gasteiger partial charge is 0.138 e. The summed E-state index contributed by atoms with van der Waals surface area (Å²) in [6.45, 7) is 0.672. The van der Waals surface area contributed by atoms with Crippen LogP contribution in [0.5, 0.6) is 5.75 Å². The molecule has 0 unspecified atom stereocenters. The van der Waals surface area contributed by atoms with E-state index in [0.29, 0.717) is 22.9 Å². The number of benzene rings is 1. The number of hydrogen-bond donors (Lipinski definition) is 1. The van der Waals surface area contributed by atoms with Gasteiger partial charge in [0.15, 0.2) is 0 Å². The van der Waals surface area contributed by atoms with E-state index < -0.39 is 0 Å². The third-order valence-electron chi connectivity index (χ3n) is 2.60. The van der Waals surface area contributed by atoms with Crippen LogP contribution in [-0.2, 0) is 13.0 Å². The van der Waals surface area contributed by atoms with Gasteiger partial charge >= 0.3 is 0 Å². The Bertz CT molecular complexity index is 546. The Hall–Kier alpha value is -1.65. The number of pyridine rings is 1. The van der Waals surface area contributed by atoms with Crippen molar-refractivity contribution < 1.29 is 9.13 Å². The summed E-state index contributed by atoms with van der Waals surface area (Å²) in [6, 6.07) is 8.01. The lowest BCUT2D eigenvalue weighted by Crippen LogP contribution is -2.04. The van der Waals surface area contributed by atoms with Crippen LogP contribution in [0.25, 0.3) is 0 Å². The fourth-order valence-corrected chi connectivity index (χ4v) is 1.80. The van der Waals surface area contributed by atoms with Crippen molar-refractivity contribution in [1.82, 2.24) is 4.98 Å². The lowest BCUT2D eigenvalue weighted by Gasteiger charge is -2.08. The van der Waals surface area contributed by atoms with Crippen molar-refractivity contribution in [2.24, 2.45) is 5.73 Å². The van der Waals surface area contributed by atoms with Gasteiger partial charge in [-0.05, 0) is 36.9 Å². The zero-order valence-corrected chi connectivity index (χ0v) is 11.0. The van der Waals surface area contributed by atoms with Gasteiger partial charge in [-0.15, -0.1) is 0 Å². The first-order valence-electron chi connectivity index (χ1n) is 5.91. The lowest BCUT2D eigenvalue weighted by atomic mass is 10.2. The second-order valence-corrected chi connectivity index (χ2v) is 4.48. The zero-order chi connectivity index (χ0) is 13.7. The normalized spacial score (nSPS) is 10.5. The highest BCUT2D eigenvalue weighted by Gasteiger charge is 2.04. The van der Waals surface area contributed by atoms with Crippen molar-refractivity contribution in [2.45, 2.75) is 13.0 Å². The van der Waals surface area contributed by atoms with Crippen LogP contribution in [-0.4, -0.2) is 11.5 Å². The van der Waals surface area contributed by atoms with Crippen molar-refractivity contribution in [3.05, 3.63) is 58.6 Å². The molecule has 0 aliphatic carbocycles. The van der Waals surface area contributed by atoms with E-state index in [1.165, 1.54) is 12.1 Å². The van der Waals surface area contributed by atoms with E-state index in [9.17, 15) is 4.39 Å². The molecule has 0 aliphatic rings. The number of ether oxygens (including phenoxy) is 1. The maximum Gasteiger partial charge on any atom is 0.138 e. The van der Waals surface area contributed by atoms with Crippen LogP contribution in [0, 0.1) is 5.82 Å². The molecule has 0 spiro atoms. The molecule has 1 aromatic carbocycles.